The summed E-state index contributed by atoms with van der Waals surface area (Å²) < 4.78 is 33.6. The summed E-state index contributed by atoms with van der Waals surface area (Å²) in [5, 5.41) is 2.78. The molecule has 4 rings (SSSR count). The van der Waals surface area contributed by atoms with Gasteiger partial charge in [-0.25, -0.2) is 8.42 Å². The summed E-state index contributed by atoms with van der Waals surface area (Å²) in [5.41, 5.74) is 3.57. The van der Waals surface area contributed by atoms with Crippen molar-refractivity contribution in [3.05, 3.63) is 84.9 Å². The quantitative estimate of drug-likeness (QED) is 0.491. The molecule has 1 amide bonds. The first kappa shape index (κ1) is 22.6. The molecule has 170 valence electrons. The fraction of sp³-hybridized carbons (Fsp3) is 0.192. The van der Waals surface area contributed by atoms with Gasteiger partial charge in [0.2, 0.25) is 5.91 Å². The number of hydrogen-bond donors (Lipinski definition) is 1. The average molecular weight is 463 g/mol. The van der Waals surface area contributed by atoms with Crippen LogP contribution in [0.1, 0.15) is 25.3 Å². The Labute approximate surface area is 194 Å². The Bertz CT molecular complexity index is 1320. The van der Waals surface area contributed by atoms with Gasteiger partial charge in [-0.15, -0.1) is 0 Å². The van der Waals surface area contributed by atoms with E-state index in [-0.39, 0.29) is 17.4 Å². The van der Waals surface area contributed by atoms with Crippen LogP contribution < -0.4 is 14.4 Å². The van der Waals surface area contributed by atoms with E-state index in [1.807, 2.05) is 24.3 Å². The second-order valence-electron chi connectivity index (χ2n) is 8.11. The number of nitrogens with zero attached hydrogens (tertiary/aromatic N) is 1. The van der Waals surface area contributed by atoms with Crippen molar-refractivity contribution in [2.24, 2.45) is 0 Å². The summed E-state index contributed by atoms with van der Waals surface area (Å²) in [7, 11) is -3.90. The first-order chi connectivity index (χ1) is 15.8. The fourth-order valence-corrected chi connectivity index (χ4v) is 5.48. The summed E-state index contributed by atoms with van der Waals surface area (Å²) in [5.74, 6) is 0.421. The number of ether oxygens (including phenoxy) is 1. The molecule has 0 bridgehead atoms. The zero-order valence-corrected chi connectivity index (χ0v) is 19.4. The minimum absolute atomic E-state index is 0.200. The van der Waals surface area contributed by atoms with Crippen molar-refractivity contribution in [3.8, 4) is 16.9 Å². The summed E-state index contributed by atoms with van der Waals surface area (Å²) in [6.45, 7) is 7.80. The number of carbonyl (C=O) groups excluding carboxylic acids is 1. The molecule has 3 aromatic rings. The Kier molecular flexibility index (Phi) is 6.24. The maximum atomic E-state index is 13.5. The fourth-order valence-electron chi connectivity index (χ4n) is 3.83. The lowest BCUT2D eigenvalue weighted by molar-refractivity contribution is -0.114. The van der Waals surface area contributed by atoms with E-state index in [2.05, 4.69) is 25.7 Å². The highest BCUT2D eigenvalue weighted by atomic mass is 32.2. The predicted octanol–water partition coefficient (Wildman–Crippen LogP) is 5.19. The smallest absolute Gasteiger partial charge is 0.265 e. The van der Waals surface area contributed by atoms with Crippen LogP contribution in [0, 0.1) is 0 Å². The van der Waals surface area contributed by atoms with Gasteiger partial charge >= 0.3 is 0 Å². The highest BCUT2D eigenvalue weighted by Gasteiger charge is 2.36. The van der Waals surface area contributed by atoms with Crippen LogP contribution in [0.4, 0.5) is 11.4 Å². The molecule has 0 saturated carbocycles. The second-order valence-corrected chi connectivity index (χ2v) is 9.95. The normalized spacial score (nSPS) is 13.7. The van der Waals surface area contributed by atoms with E-state index in [1.165, 1.54) is 4.31 Å². The molecule has 1 heterocycles. The Morgan fingerprint density at radius 1 is 1.06 bits per heavy atom. The maximum Gasteiger partial charge on any atom is 0.265 e. The number of nitrogens with one attached hydrogen (secondary N) is 1. The van der Waals surface area contributed by atoms with E-state index in [0.717, 1.165) is 11.1 Å². The second kappa shape index (κ2) is 9.11. The van der Waals surface area contributed by atoms with E-state index in [0.29, 0.717) is 29.3 Å². The SMILES string of the molecule is C=CCOc1cccc(NC(=O)CN2c3ccc(C(C)C)cc3-c3ccccc3S2(=O)=O)c1. The predicted molar refractivity (Wildman–Crippen MR) is 131 cm³/mol. The first-order valence-electron chi connectivity index (χ1n) is 10.7. The summed E-state index contributed by atoms with van der Waals surface area (Å²) >= 11 is 0. The molecule has 0 aliphatic carbocycles. The summed E-state index contributed by atoms with van der Waals surface area (Å²) in [6, 6.07) is 19.6. The van der Waals surface area contributed by atoms with Gasteiger partial charge < -0.3 is 10.1 Å². The number of anilines is 2. The minimum atomic E-state index is -3.90. The van der Waals surface area contributed by atoms with Gasteiger partial charge in [0.05, 0.1) is 10.6 Å². The molecule has 0 saturated heterocycles. The van der Waals surface area contributed by atoms with Crippen molar-refractivity contribution in [1.82, 2.24) is 0 Å². The number of carbonyl (C=O) groups is 1. The Hall–Kier alpha value is -3.58. The molecular formula is C26H26N2O4S. The molecule has 0 fully saturated rings. The maximum absolute atomic E-state index is 13.5. The minimum Gasteiger partial charge on any atom is -0.489 e. The van der Waals surface area contributed by atoms with Crippen molar-refractivity contribution in [2.45, 2.75) is 24.7 Å². The molecule has 0 atom stereocenters. The standard InChI is InChI=1S/C26H26N2O4S/c1-4-14-32-21-9-7-8-20(16-21)27-26(29)17-28-24-13-12-19(18(2)3)15-23(24)22-10-5-6-11-25(22)33(28,30)31/h4-13,15-16,18H,1,14,17H2,2-3H3,(H,27,29). The highest BCUT2D eigenvalue weighted by Crippen LogP contribution is 2.43. The summed E-state index contributed by atoms with van der Waals surface area (Å²) in [6.07, 6.45) is 1.63. The molecule has 0 aromatic heterocycles. The monoisotopic (exact) mass is 462 g/mol. The highest BCUT2D eigenvalue weighted by molar-refractivity contribution is 7.93. The van der Waals surface area contributed by atoms with E-state index in [9.17, 15) is 13.2 Å². The molecule has 1 N–H and O–H groups in total. The van der Waals surface area contributed by atoms with E-state index < -0.39 is 15.9 Å². The van der Waals surface area contributed by atoms with Crippen molar-refractivity contribution in [2.75, 3.05) is 22.8 Å². The Morgan fingerprint density at radius 3 is 2.61 bits per heavy atom. The summed E-state index contributed by atoms with van der Waals surface area (Å²) in [4.78, 5) is 13.1. The molecule has 0 unspecified atom stereocenters. The lowest BCUT2D eigenvalue weighted by atomic mass is 9.95. The first-order valence-corrected chi connectivity index (χ1v) is 12.1. The topological polar surface area (TPSA) is 75.7 Å². The van der Waals surface area contributed by atoms with Gasteiger partial charge in [0, 0.05) is 22.9 Å². The Morgan fingerprint density at radius 2 is 1.85 bits per heavy atom. The number of rotatable bonds is 7. The third-order valence-electron chi connectivity index (χ3n) is 5.47. The average Bonchev–Trinajstić information content (AvgIpc) is 2.80. The largest absolute Gasteiger partial charge is 0.489 e. The lowest BCUT2D eigenvalue weighted by Crippen LogP contribution is -2.40. The van der Waals surface area contributed by atoms with Crippen LogP contribution in [0.2, 0.25) is 0 Å². The van der Waals surface area contributed by atoms with Crippen molar-refractivity contribution < 1.29 is 17.9 Å². The van der Waals surface area contributed by atoms with Gasteiger partial charge in [-0.05, 0) is 41.8 Å². The molecule has 6 nitrogen and oxygen atoms in total. The van der Waals surface area contributed by atoms with Crippen molar-refractivity contribution in [3.63, 3.8) is 0 Å². The Balaban J connectivity index is 1.67. The zero-order valence-electron chi connectivity index (χ0n) is 18.6. The van der Waals surface area contributed by atoms with E-state index in [1.54, 1.807) is 48.5 Å². The number of hydrogen-bond acceptors (Lipinski definition) is 4. The lowest BCUT2D eigenvalue weighted by Gasteiger charge is -2.32. The third kappa shape index (κ3) is 4.50. The van der Waals surface area contributed by atoms with Crippen LogP contribution in [0.5, 0.6) is 5.75 Å². The van der Waals surface area contributed by atoms with Crippen LogP contribution in [-0.4, -0.2) is 27.5 Å². The van der Waals surface area contributed by atoms with Crippen LogP contribution >= 0.6 is 0 Å². The van der Waals surface area contributed by atoms with Gasteiger partial charge in [0.15, 0.2) is 0 Å². The molecule has 0 radical (unpaired) electrons. The van der Waals surface area contributed by atoms with Crippen LogP contribution in [-0.2, 0) is 14.8 Å². The number of fused-ring (bicyclic) bond motifs is 3. The molecule has 0 spiro atoms. The molecule has 1 aliphatic rings. The van der Waals surface area contributed by atoms with Crippen LogP contribution in [0.3, 0.4) is 0 Å². The molecule has 3 aromatic carbocycles. The van der Waals surface area contributed by atoms with Crippen LogP contribution in [0.25, 0.3) is 11.1 Å². The van der Waals surface area contributed by atoms with Gasteiger partial charge in [0.1, 0.15) is 18.9 Å². The van der Waals surface area contributed by atoms with Crippen molar-refractivity contribution in [1.29, 1.82) is 0 Å². The van der Waals surface area contributed by atoms with Gasteiger partial charge in [-0.3, -0.25) is 9.10 Å². The molecule has 7 heteroatoms. The third-order valence-corrected chi connectivity index (χ3v) is 7.29. The molecule has 1 aliphatic heterocycles. The molecule has 33 heavy (non-hydrogen) atoms. The van der Waals surface area contributed by atoms with Gasteiger partial charge in [-0.1, -0.05) is 56.8 Å². The van der Waals surface area contributed by atoms with Gasteiger partial charge in [-0.2, -0.15) is 0 Å². The molecular weight excluding hydrogens is 436 g/mol. The van der Waals surface area contributed by atoms with E-state index in [4.69, 9.17) is 4.74 Å². The number of amides is 1. The number of benzene rings is 3. The van der Waals surface area contributed by atoms with Gasteiger partial charge in [0.25, 0.3) is 10.0 Å². The zero-order chi connectivity index (χ0) is 23.6. The van der Waals surface area contributed by atoms with Crippen molar-refractivity contribution >= 4 is 27.3 Å². The van der Waals surface area contributed by atoms with Crippen LogP contribution in [0.15, 0.2) is 84.3 Å². The number of sulfonamides is 1. The van der Waals surface area contributed by atoms with E-state index >= 15 is 0 Å².